The van der Waals surface area contributed by atoms with Gasteiger partial charge in [-0.25, -0.2) is 0 Å². The minimum absolute atomic E-state index is 0.250. The summed E-state index contributed by atoms with van der Waals surface area (Å²) in [6, 6.07) is 12.0. The fourth-order valence-corrected chi connectivity index (χ4v) is 0.385. The zero-order chi connectivity index (χ0) is 9.66. The maximum absolute atomic E-state index is 8.81. The smallest absolute Gasteiger partial charge is 0.290 e. The molecule has 0 aliphatic heterocycles. The van der Waals surface area contributed by atoms with Crippen LogP contribution in [0.2, 0.25) is 0 Å². The number of hydrogen-bond donors (Lipinski definition) is 1. The molecule has 3 heteroatoms. The molecule has 0 saturated heterocycles. The standard InChI is InChI=1S/C6H6.C2H4O.CH2O2/c1-2-4-6-5-3-1;1-2-3;2-1-3/h1-6H;2H,1H3;1H,(H,2,3). The summed E-state index contributed by atoms with van der Waals surface area (Å²) in [5.74, 6) is 0. The minimum atomic E-state index is -0.250. The molecule has 0 radical (unpaired) electrons. The minimum Gasteiger partial charge on any atom is -0.483 e. The molecule has 0 spiro atoms. The van der Waals surface area contributed by atoms with Gasteiger partial charge in [0.15, 0.2) is 0 Å². The Morgan fingerprint density at radius 3 is 1.08 bits per heavy atom. The topological polar surface area (TPSA) is 54.4 Å². The van der Waals surface area contributed by atoms with Crippen LogP contribution in [0.5, 0.6) is 0 Å². The van der Waals surface area contributed by atoms with Gasteiger partial charge in [0.25, 0.3) is 6.47 Å². The Morgan fingerprint density at radius 1 is 0.917 bits per heavy atom. The first kappa shape index (κ1) is 13.0. The van der Waals surface area contributed by atoms with Crippen molar-refractivity contribution < 1.29 is 14.7 Å². The Labute approximate surface area is 71.7 Å². The van der Waals surface area contributed by atoms with Gasteiger partial charge in [0, 0.05) is 0 Å². The van der Waals surface area contributed by atoms with E-state index in [0.717, 1.165) is 6.29 Å². The first-order valence-electron chi connectivity index (χ1n) is 3.31. The summed E-state index contributed by atoms with van der Waals surface area (Å²) in [6.07, 6.45) is 0.750. The fraction of sp³-hybridized carbons (Fsp3) is 0.111. The molecule has 12 heavy (non-hydrogen) atoms. The molecule has 1 rings (SSSR count). The summed E-state index contributed by atoms with van der Waals surface area (Å²) in [4.78, 5) is 17.2. The van der Waals surface area contributed by atoms with Gasteiger partial charge >= 0.3 is 0 Å². The summed E-state index contributed by atoms with van der Waals surface area (Å²) in [5.41, 5.74) is 0. The van der Waals surface area contributed by atoms with Crippen LogP contribution in [0.3, 0.4) is 0 Å². The van der Waals surface area contributed by atoms with Gasteiger partial charge in [-0.3, -0.25) is 4.79 Å². The van der Waals surface area contributed by atoms with Crippen LogP contribution in [-0.2, 0) is 9.59 Å². The van der Waals surface area contributed by atoms with Crippen LogP contribution in [0, 0.1) is 0 Å². The molecule has 1 aromatic carbocycles. The van der Waals surface area contributed by atoms with E-state index >= 15 is 0 Å². The third-order valence-corrected chi connectivity index (χ3v) is 0.667. The summed E-state index contributed by atoms with van der Waals surface area (Å²) >= 11 is 0. The lowest BCUT2D eigenvalue weighted by atomic mass is 10.4. The van der Waals surface area contributed by atoms with Gasteiger partial charge in [0.05, 0.1) is 0 Å². The Bertz CT molecular complexity index is 140. The van der Waals surface area contributed by atoms with Crippen LogP contribution in [0.15, 0.2) is 36.4 Å². The fourth-order valence-electron chi connectivity index (χ4n) is 0.385. The Morgan fingerprint density at radius 2 is 1.00 bits per heavy atom. The Hall–Kier alpha value is -1.64. The Balaban J connectivity index is 0. The average Bonchev–Trinajstić information content (AvgIpc) is 2.10. The summed E-state index contributed by atoms with van der Waals surface area (Å²) in [6.45, 7) is 1.19. The highest BCUT2D eigenvalue weighted by atomic mass is 16.3. The van der Waals surface area contributed by atoms with Crippen molar-refractivity contribution in [2.75, 3.05) is 0 Å². The zero-order valence-electron chi connectivity index (χ0n) is 6.88. The van der Waals surface area contributed by atoms with E-state index in [-0.39, 0.29) is 6.47 Å². The molecule has 0 aliphatic carbocycles. The molecule has 0 saturated carbocycles. The highest BCUT2D eigenvalue weighted by Crippen LogP contribution is 1.79. The van der Waals surface area contributed by atoms with E-state index in [2.05, 4.69) is 0 Å². The number of rotatable bonds is 0. The predicted octanol–water partition coefficient (Wildman–Crippen LogP) is 1.59. The maximum Gasteiger partial charge on any atom is 0.290 e. The second kappa shape index (κ2) is 16.2. The third kappa shape index (κ3) is 23.8. The first-order chi connectivity index (χ1) is 5.83. The molecule has 0 heterocycles. The average molecular weight is 168 g/mol. The predicted molar refractivity (Wildman–Crippen MR) is 46.9 cm³/mol. The molecule has 0 fully saturated rings. The van der Waals surface area contributed by atoms with Crippen LogP contribution in [0.1, 0.15) is 6.92 Å². The summed E-state index contributed by atoms with van der Waals surface area (Å²) in [7, 11) is 0. The molecule has 0 aliphatic rings. The largest absolute Gasteiger partial charge is 0.483 e. The van der Waals surface area contributed by atoms with Gasteiger partial charge in [-0.2, -0.15) is 0 Å². The van der Waals surface area contributed by atoms with Gasteiger partial charge in [-0.15, -0.1) is 0 Å². The monoisotopic (exact) mass is 168 g/mol. The van der Waals surface area contributed by atoms with Crippen molar-refractivity contribution in [2.45, 2.75) is 6.92 Å². The third-order valence-electron chi connectivity index (χ3n) is 0.667. The first-order valence-corrected chi connectivity index (χ1v) is 3.31. The summed E-state index contributed by atoms with van der Waals surface area (Å²) in [5, 5.41) is 6.89. The number of carboxylic acid groups (broad SMARTS) is 1. The molecular formula is C9H12O3. The molecule has 0 atom stereocenters. The van der Waals surface area contributed by atoms with Crippen molar-refractivity contribution in [2.24, 2.45) is 0 Å². The molecule has 1 N–H and O–H groups in total. The number of benzene rings is 1. The number of carbonyl (C=O) groups is 2. The van der Waals surface area contributed by atoms with Crippen molar-refractivity contribution in [3.63, 3.8) is 0 Å². The molecule has 3 nitrogen and oxygen atoms in total. The van der Waals surface area contributed by atoms with Crippen molar-refractivity contribution >= 4 is 12.8 Å². The van der Waals surface area contributed by atoms with Crippen molar-refractivity contribution in [3.8, 4) is 0 Å². The lowest BCUT2D eigenvalue weighted by Gasteiger charge is -1.69. The van der Waals surface area contributed by atoms with Gasteiger partial charge in [-0.1, -0.05) is 36.4 Å². The molecule has 66 valence electrons. The van der Waals surface area contributed by atoms with Gasteiger partial charge in [-0.05, 0) is 6.92 Å². The van der Waals surface area contributed by atoms with Crippen LogP contribution in [0.4, 0.5) is 0 Å². The van der Waals surface area contributed by atoms with Crippen LogP contribution >= 0.6 is 0 Å². The van der Waals surface area contributed by atoms with Crippen LogP contribution in [0.25, 0.3) is 0 Å². The van der Waals surface area contributed by atoms with Crippen molar-refractivity contribution in [1.29, 1.82) is 0 Å². The van der Waals surface area contributed by atoms with Crippen LogP contribution in [-0.4, -0.2) is 17.9 Å². The molecule has 0 bridgehead atoms. The Kier molecular flexibility index (Phi) is 17.5. The van der Waals surface area contributed by atoms with Gasteiger partial charge < -0.3 is 9.90 Å². The highest BCUT2D eigenvalue weighted by molar-refractivity contribution is 5.44. The highest BCUT2D eigenvalue weighted by Gasteiger charge is 1.57. The van der Waals surface area contributed by atoms with E-state index in [0.29, 0.717) is 0 Å². The number of aldehydes is 1. The maximum atomic E-state index is 8.81. The second-order valence-electron chi connectivity index (χ2n) is 1.50. The molecule has 0 aromatic heterocycles. The SMILES string of the molecule is CC=O.O=CO.c1ccccc1. The lowest BCUT2D eigenvalue weighted by molar-refractivity contribution is -0.122. The molecule has 1 aromatic rings. The van der Waals surface area contributed by atoms with E-state index in [1.807, 2.05) is 36.4 Å². The molecular weight excluding hydrogens is 156 g/mol. The van der Waals surface area contributed by atoms with E-state index in [9.17, 15) is 0 Å². The van der Waals surface area contributed by atoms with E-state index in [1.165, 1.54) is 6.92 Å². The van der Waals surface area contributed by atoms with E-state index < -0.39 is 0 Å². The van der Waals surface area contributed by atoms with E-state index in [4.69, 9.17) is 14.7 Å². The van der Waals surface area contributed by atoms with Crippen molar-refractivity contribution in [1.82, 2.24) is 0 Å². The zero-order valence-corrected chi connectivity index (χ0v) is 6.88. The molecule has 0 amide bonds. The normalized spacial score (nSPS) is 6.08. The molecule has 0 unspecified atom stereocenters. The lowest BCUT2D eigenvalue weighted by Crippen LogP contribution is -1.49. The quantitative estimate of drug-likeness (QED) is 0.598. The van der Waals surface area contributed by atoms with Crippen molar-refractivity contribution in [3.05, 3.63) is 36.4 Å². The van der Waals surface area contributed by atoms with E-state index in [1.54, 1.807) is 0 Å². The van der Waals surface area contributed by atoms with Gasteiger partial charge in [0.2, 0.25) is 0 Å². The number of hydrogen-bond acceptors (Lipinski definition) is 2. The van der Waals surface area contributed by atoms with Gasteiger partial charge in [0.1, 0.15) is 6.29 Å². The van der Waals surface area contributed by atoms with Crippen LogP contribution < -0.4 is 0 Å². The summed E-state index contributed by atoms with van der Waals surface area (Å²) < 4.78 is 0. The second-order valence-corrected chi connectivity index (χ2v) is 1.50. The number of carbonyl (C=O) groups excluding carboxylic acids is 1.